The van der Waals surface area contributed by atoms with Crippen molar-refractivity contribution in [3.63, 3.8) is 0 Å². The van der Waals surface area contributed by atoms with Crippen LogP contribution in [0.15, 0.2) is 18.2 Å². The molecule has 0 bridgehead atoms. The Morgan fingerprint density at radius 1 is 1.26 bits per heavy atom. The highest BCUT2D eigenvalue weighted by Crippen LogP contribution is 2.49. The molecule has 3 rings (SSSR count). The maximum Gasteiger partial charge on any atom is 0.272 e. The number of nitrogens with zero attached hydrogens (tertiary/aromatic N) is 3. The molecular formula is C18H25N3O2. The molecule has 1 atom stereocenters. The monoisotopic (exact) mass is 315 g/mol. The van der Waals surface area contributed by atoms with Gasteiger partial charge in [0.1, 0.15) is 5.69 Å². The molecule has 2 heterocycles. The minimum atomic E-state index is -0.0752. The highest BCUT2D eigenvalue weighted by atomic mass is 16.2. The van der Waals surface area contributed by atoms with E-state index in [9.17, 15) is 9.59 Å². The minimum absolute atomic E-state index is 0.0269. The third-order valence-electron chi connectivity index (χ3n) is 5.38. The van der Waals surface area contributed by atoms with E-state index in [4.69, 9.17) is 0 Å². The van der Waals surface area contributed by atoms with Gasteiger partial charge in [-0.1, -0.05) is 18.9 Å². The Morgan fingerprint density at radius 3 is 2.57 bits per heavy atom. The van der Waals surface area contributed by atoms with Crippen LogP contribution < -0.4 is 0 Å². The Labute approximate surface area is 137 Å². The predicted octanol–water partition coefficient (Wildman–Crippen LogP) is 2.11. The lowest BCUT2D eigenvalue weighted by Gasteiger charge is -2.30. The summed E-state index contributed by atoms with van der Waals surface area (Å²) in [5, 5.41) is 0. The van der Waals surface area contributed by atoms with Gasteiger partial charge in [-0.05, 0) is 31.9 Å². The second kappa shape index (κ2) is 5.95. The quantitative estimate of drug-likeness (QED) is 0.840. The van der Waals surface area contributed by atoms with Crippen LogP contribution >= 0.6 is 0 Å². The van der Waals surface area contributed by atoms with Gasteiger partial charge in [0.05, 0.1) is 5.92 Å². The zero-order valence-corrected chi connectivity index (χ0v) is 14.2. The lowest BCUT2D eigenvalue weighted by molar-refractivity contribution is -0.135. The first-order valence-electron chi connectivity index (χ1n) is 8.37. The van der Waals surface area contributed by atoms with Gasteiger partial charge in [0.25, 0.3) is 5.91 Å². The van der Waals surface area contributed by atoms with E-state index < -0.39 is 0 Å². The van der Waals surface area contributed by atoms with E-state index >= 15 is 0 Å². The molecule has 2 aliphatic rings. The van der Waals surface area contributed by atoms with Crippen molar-refractivity contribution in [2.24, 2.45) is 11.3 Å². The number of carbonyl (C=O) groups excluding carboxylic acids is 2. The number of hydrogen-bond donors (Lipinski definition) is 0. The van der Waals surface area contributed by atoms with E-state index in [0.29, 0.717) is 18.8 Å². The molecule has 2 amide bonds. The Bertz CT molecular complexity index is 620. The zero-order chi connectivity index (χ0) is 16.6. The molecule has 23 heavy (non-hydrogen) atoms. The Balaban J connectivity index is 1.85. The summed E-state index contributed by atoms with van der Waals surface area (Å²) >= 11 is 0. The van der Waals surface area contributed by atoms with Crippen molar-refractivity contribution in [3.8, 4) is 0 Å². The third kappa shape index (κ3) is 2.84. The van der Waals surface area contributed by atoms with Crippen molar-refractivity contribution in [2.45, 2.75) is 32.6 Å². The number of rotatable bonds is 2. The van der Waals surface area contributed by atoms with Crippen molar-refractivity contribution in [1.29, 1.82) is 0 Å². The molecule has 5 nitrogen and oxygen atoms in total. The summed E-state index contributed by atoms with van der Waals surface area (Å²) in [5.74, 6) is 0.0298. The van der Waals surface area contributed by atoms with E-state index in [2.05, 4.69) is 4.98 Å². The van der Waals surface area contributed by atoms with Gasteiger partial charge in [0.15, 0.2) is 0 Å². The highest BCUT2D eigenvalue weighted by Gasteiger charge is 2.52. The lowest BCUT2D eigenvalue weighted by atomic mass is 9.76. The van der Waals surface area contributed by atoms with Crippen LogP contribution in [0.3, 0.4) is 0 Å². The molecule has 0 N–H and O–H groups in total. The van der Waals surface area contributed by atoms with E-state index in [-0.39, 0.29) is 23.1 Å². The smallest absolute Gasteiger partial charge is 0.272 e. The number of pyridine rings is 1. The van der Waals surface area contributed by atoms with Gasteiger partial charge < -0.3 is 9.80 Å². The largest absolute Gasteiger partial charge is 0.349 e. The molecule has 124 valence electrons. The van der Waals surface area contributed by atoms with Crippen molar-refractivity contribution in [3.05, 3.63) is 29.6 Å². The summed E-state index contributed by atoms with van der Waals surface area (Å²) in [5.41, 5.74) is 1.29. The molecule has 1 aromatic heterocycles. The molecule has 1 spiro atoms. The highest BCUT2D eigenvalue weighted by molar-refractivity contribution is 5.93. The number of aromatic nitrogens is 1. The molecule has 5 heteroatoms. The number of aryl methyl sites for hydroxylation is 1. The first-order valence-corrected chi connectivity index (χ1v) is 8.37. The number of likely N-dealkylation sites (tertiary alicyclic amines) is 1. The van der Waals surface area contributed by atoms with Crippen molar-refractivity contribution >= 4 is 11.8 Å². The Hall–Kier alpha value is -1.91. The third-order valence-corrected chi connectivity index (χ3v) is 5.38. The van der Waals surface area contributed by atoms with Gasteiger partial charge in [-0.2, -0.15) is 0 Å². The molecule has 2 fully saturated rings. The second-order valence-corrected chi connectivity index (χ2v) is 7.20. The average molecular weight is 315 g/mol. The van der Waals surface area contributed by atoms with E-state index in [1.54, 1.807) is 25.1 Å². The first kappa shape index (κ1) is 16.0. The Kier molecular flexibility index (Phi) is 4.13. The van der Waals surface area contributed by atoms with Crippen molar-refractivity contribution < 1.29 is 9.59 Å². The van der Waals surface area contributed by atoms with Gasteiger partial charge in [0.2, 0.25) is 5.91 Å². The van der Waals surface area contributed by atoms with Gasteiger partial charge in [0, 0.05) is 38.3 Å². The fourth-order valence-electron chi connectivity index (χ4n) is 4.19. The fourth-order valence-corrected chi connectivity index (χ4v) is 4.19. The lowest BCUT2D eigenvalue weighted by Crippen LogP contribution is -2.39. The van der Waals surface area contributed by atoms with Crippen molar-refractivity contribution in [2.75, 3.05) is 27.2 Å². The predicted molar refractivity (Wildman–Crippen MR) is 88.0 cm³/mol. The summed E-state index contributed by atoms with van der Waals surface area (Å²) in [6.45, 7) is 3.09. The normalized spacial score (nSPS) is 22.6. The number of carbonyl (C=O) groups is 2. The molecule has 1 aliphatic heterocycles. The maximum absolute atomic E-state index is 12.8. The fraction of sp³-hybridized carbons (Fsp3) is 0.611. The summed E-state index contributed by atoms with van der Waals surface area (Å²) in [4.78, 5) is 33.3. The van der Waals surface area contributed by atoms with Gasteiger partial charge in [-0.3, -0.25) is 9.59 Å². The maximum atomic E-state index is 12.8. The summed E-state index contributed by atoms with van der Waals surface area (Å²) in [6.07, 6.45) is 4.40. The zero-order valence-electron chi connectivity index (χ0n) is 14.2. The van der Waals surface area contributed by atoms with Crippen LogP contribution in [0.5, 0.6) is 0 Å². The first-order chi connectivity index (χ1) is 10.9. The van der Waals surface area contributed by atoms with E-state index in [1.165, 1.54) is 0 Å². The van der Waals surface area contributed by atoms with Crippen LogP contribution in [0, 0.1) is 18.3 Å². The standard InChI is InChI=1S/C18H25N3O2/c1-13-7-6-8-15(19-13)17(23)21-11-14(16(22)20(2)3)18(12-21)9-4-5-10-18/h6-8,14H,4-5,9-12H2,1-3H3. The second-order valence-electron chi connectivity index (χ2n) is 7.20. The van der Waals surface area contributed by atoms with Crippen LogP contribution in [0.2, 0.25) is 0 Å². The molecule has 1 aliphatic carbocycles. The molecule has 1 saturated heterocycles. The van der Waals surface area contributed by atoms with E-state index in [1.807, 2.05) is 24.0 Å². The SMILES string of the molecule is Cc1cccc(C(=O)N2CC(C(=O)N(C)C)C3(CCCC3)C2)n1. The Morgan fingerprint density at radius 2 is 1.96 bits per heavy atom. The average Bonchev–Trinajstić information content (AvgIpc) is 3.14. The molecule has 1 saturated carbocycles. The minimum Gasteiger partial charge on any atom is -0.349 e. The van der Waals surface area contributed by atoms with Gasteiger partial charge >= 0.3 is 0 Å². The van der Waals surface area contributed by atoms with E-state index in [0.717, 1.165) is 31.4 Å². The van der Waals surface area contributed by atoms with Gasteiger partial charge in [-0.15, -0.1) is 0 Å². The summed E-state index contributed by atoms with van der Waals surface area (Å²) < 4.78 is 0. The van der Waals surface area contributed by atoms with Crippen LogP contribution in [-0.2, 0) is 4.79 Å². The van der Waals surface area contributed by atoms with Crippen LogP contribution in [0.1, 0.15) is 41.9 Å². The van der Waals surface area contributed by atoms with Crippen LogP contribution in [0.4, 0.5) is 0 Å². The van der Waals surface area contributed by atoms with Crippen LogP contribution in [0.25, 0.3) is 0 Å². The van der Waals surface area contributed by atoms with Crippen LogP contribution in [-0.4, -0.2) is 53.8 Å². The molecule has 1 unspecified atom stereocenters. The number of amides is 2. The summed E-state index contributed by atoms with van der Waals surface area (Å²) in [7, 11) is 3.61. The number of hydrogen-bond acceptors (Lipinski definition) is 3. The molecule has 0 aromatic carbocycles. The molecular weight excluding hydrogens is 290 g/mol. The van der Waals surface area contributed by atoms with Crippen molar-refractivity contribution in [1.82, 2.24) is 14.8 Å². The molecule has 1 aromatic rings. The molecule has 0 radical (unpaired) electrons. The van der Waals surface area contributed by atoms with Gasteiger partial charge in [-0.25, -0.2) is 4.98 Å². The summed E-state index contributed by atoms with van der Waals surface area (Å²) in [6, 6.07) is 5.51. The topological polar surface area (TPSA) is 53.5 Å².